The minimum Gasteiger partial charge on any atom is -0.313 e. The lowest BCUT2D eigenvalue weighted by molar-refractivity contribution is 0.0518. The van der Waals surface area contributed by atoms with Gasteiger partial charge in [-0.2, -0.15) is 0 Å². The average molecular weight is 318 g/mol. The zero-order valence-electron chi connectivity index (χ0n) is 10.3. The molecule has 0 atom stereocenters. The van der Waals surface area contributed by atoms with Crippen molar-refractivity contribution in [2.45, 2.75) is 6.92 Å². The van der Waals surface area contributed by atoms with Crippen molar-refractivity contribution in [1.29, 1.82) is 0 Å². The minimum atomic E-state index is -0.452. The van der Waals surface area contributed by atoms with Crippen LogP contribution in [0.25, 0.3) is 0 Å². The molecule has 0 saturated heterocycles. The molecule has 0 heterocycles. The fourth-order valence-electron chi connectivity index (χ4n) is 1.54. The Morgan fingerprint density at radius 1 is 1.16 bits per heavy atom. The molecule has 0 spiro atoms. The number of aryl methyl sites for hydroxylation is 1. The Balaban J connectivity index is 2.01. The lowest BCUT2D eigenvalue weighted by atomic mass is 10.1. The van der Waals surface area contributed by atoms with Crippen LogP contribution in [0.2, 0.25) is 0 Å². The van der Waals surface area contributed by atoms with Gasteiger partial charge in [-0.1, -0.05) is 51.4 Å². The fraction of sp³-hybridized carbons (Fsp3) is 0.0667. The van der Waals surface area contributed by atoms with E-state index in [1.165, 1.54) is 6.21 Å². The SMILES string of the molecule is Cc1ccccc1C(=O)O/N=C/c1ccc(Br)cc1. The van der Waals surface area contributed by atoms with Gasteiger partial charge in [-0.05, 0) is 36.2 Å². The molecule has 0 fully saturated rings. The molecule has 4 heteroatoms. The van der Waals surface area contributed by atoms with Gasteiger partial charge in [0.1, 0.15) is 0 Å². The van der Waals surface area contributed by atoms with E-state index in [4.69, 9.17) is 4.84 Å². The molecular weight excluding hydrogens is 306 g/mol. The highest BCUT2D eigenvalue weighted by Crippen LogP contribution is 2.10. The molecule has 0 N–H and O–H groups in total. The summed E-state index contributed by atoms with van der Waals surface area (Å²) in [5.74, 6) is -0.452. The van der Waals surface area contributed by atoms with Gasteiger partial charge in [-0.3, -0.25) is 0 Å². The number of carbonyl (C=O) groups excluding carboxylic acids is 1. The van der Waals surface area contributed by atoms with Crippen LogP contribution >= 0.6 is 15.9 Å². The second-order valence-corrected chi connectivity index (χ2v) is 4.90. The van der Waals surface area contributed by atoms with Crippen molar-refractivity contribution in [3.05, 3.63) is 69.7 Å². The van der Waals surface area contributed by atoms with E-state index in [1.54, 1.807) is 12.1 Å². The van der Waals surface area contributed by atoms with Gasteiger partial charge in [-0.25, -0.2) is 4.79 Å². The Bertz CT molecular complexity index is 606. The van der Waals surface area contributed by atoms with Gasteiger partial charge in [0, 0.05) is 4.47 Å². The maximum atomic E-state index is 11.8. The summed E-state index contributed by atoms with van der Waals surface area (Å²) in [7, 11) is 0. The molecule has 0 radical (unpaired) electrons. The van der Waals surface area contributed by atoms with E-state index in [0.717, 1.165) is 15.6 Å². The van der Waals surface area contributed by atoms with Gasteiger partial charge < -0.3 is 4.84 Å². The second kappa shape index (κ2) is 6.29. The number of hydrogen-bond donors (Lipinski definition) is 0. The number of rotatable bonds is 3. The largest absolute Gasteiger partial charge is 0.365 e. The molecule has 0 saturated carbocycles. The van der Waals surface area contributed by atoms with Crippen molar-refractivity contribution >= 4 is 28.1 Å². The third-order valence-electron chi connectivity index (χ3n) is 2.57. The van der Waals surface area contributed by atoms with Gasteiger partial charge in [0.2, 0.25) is 0 Å². The maximum absolute atomic E-state index is 11.8. The van der Waals surface area contributed by atoms with E-state index >= 15 is 0 Å². The van der Waals surface area contributed by atoms with Crippen LogP contribution in [0.1, 0.15) is 21.5 Å². The molecule has 19 heavy (non-hydrogen) atoms. The Labute approximate surface area is 120 Å². The summed E-state index contributed by atoms with van der Waals surface area (Å²) >= 11 is 3.35. The second-order valence-electron chi connectivity index (χ2n) is 3.98. The average Bonchev–Trinajstić information content (AvgIpc) is 2.41. The smallest absolute Gasteiger partial charge is 0.313 e. The number of nitrogens with zero attached hydrogens (tertiary/aromatic N) is 1. The quantitative estimate of drug-likeness (QED) is 0.488. The number of halogens is 1. The first-order valence-corrected chi connectivity index (χ1v) is 6.52. The van der Waals surface area contributed by atoms with Gasteiger partial charge in [0.15, 0.2) is 0 Å². The maximum Gasteiger partial charge on any atom is 0.365 e. The number of oxime groups is 1. The molecule has 0 amide bonds. The van der Waals surface area contributed by atoms with Gasteiger partial charge in [0.25, 0.3) is 0 Å². The van der Waals surface area contributed by atoms with Crippen LogP contribution < -0.4 is 0 Å². The third-order valence-corrected chi connectivity index (χ3v) is 3.10. The summed E-state index contributed by atoms with van der Waals surface area (Å²) in [4.78, 5) is 16.6. The van der Waals surface area contributed by atoms with Crippen molar-refractivity contribution < 1.29 is 9.63 Å². The number of carbonyl (C=O) groups is 1. The highest BCUT2D eigenvalue weighted by molar-refractivity contribution is 9.10. The lowest BCUT2D eigenvalue weighted by Gasteiger charge is -2.01. The first kappa shape index (κ1) is 13.5. The minimum absolute atomic E-state index is 0.452. The van der Waals surface area contributed by atoms with E-state index < -0.39 is 5.97 Å². The van der Waals surface area contributed by atoms with Crippen molar-refractivity contribution in [1.82, 2.24) is 0 Å². The summed E-state index contributed by atoms with van der Waals surface area (Å²) in [5, 5.41) is 3.70. The predicted octanol–water partition coefficient (Wildman–Crippen LogP) is 3.95. The summed E-state index contributed by atoms with van der Waals surface area (Å²) in [5.41, 5.74) is 2.25. The highest BCUT2D eigenvalue weighted by atomic mass is 79.9. The molecule has 0 aliphatic carbocycles. The van der Waals surface area contributed by atoms with Crippen LogP contribution in [0.5, 0.6) is 0 Å². The summed E-state index contributed by atoms with van der Waals surface area (Å²) in [6.45, 7) is 1.86. The van der Waals surface area contributed by atoms with E-state index in [9.17, 15) is 4.79 Å². The first-order chi connectivity index (χ1) is 9.16. The van der Waals surface area contributed by atoms with E-state index in [2.05, 4.69) is 21.1 Å². The summed E-state index contributed by atoms with van der Waals surface area (Å²) in [6.07, 6.45) is 1.50. The normalized spacial score (nSPS) is 10.6. The molecule has 96 valence electrons. The van der Waals surface area contributed by atoms with Crippen molar-refractivity contribution in [2.24, 2.45) is 5.16 Å². The summed E-state index contributed by atoms with van der Waals surface area (Å²) < 4.78 is 0.988. The van der Waals surface area contributed by atoms with Crippen LogP contribution in [-0.4, -0.2) is 12.2 Å². The van der Waals surface area contributed by atoms with Gasteiger partial charge in [-0.15, -0.1) is 0 Å². The van der Waals surface area contributed by atoms with Gasteiger partial charge in [0.05, 0.1) is 11.8 Å². The Kier molecular flexibility index (Phi) is 4.47. The molecule has 2 aromatic rings. The van der Waals surface area contributed by atoms with Gasteiger partial charge >= 0.3 is 5.97 Å². The van der Waals surface area contributed by atoms with Crippen LogP contribution in [-0.2, 0) is 4.84 Å². The van der Waals surface area contributed by atoms with Crippen molar-refractivity contribution in [2.75, 3.05) is 0 Å². The molecule has 2 aromatic carbocycles. The van der Waals surface area contributed by atoms with E-state index in [0.29, 0.717) is 5.56 Å². The third kappa shape index (κ3) is 3.76. The van der Waals surface area contributed by atoms with E-state index in [1.807, 2.05) is 43.3 Å². The first-order valence-electron chi connectivity index (χ1n) is 5.73. The standard InChI is InChI=1S/C15H12BrNO2/c1-11-4-2-3-5-14(11)15(18)19-17-10-12-6-8-13(16)9-7-12/h2-10H,1H3/b17-10+. The fourth-order valence-corrected chi connectivity index (χ4v) is 1.80. The molecule has 2 rings (SSSR count). The molecule has 0 bridgehead atoms. The van der Waals surface area contributed by atoms with E-state index in [-0.39, 0.29) is 0 Å². The topological polar surface area (TPSA) is 38.7 Å². The zero-order valence-corrected chi connectivity index (χ0v) is 11.9. The number of hydrogen-bond acceptors (Lipinski definition) is 3. The summed E-state index contributed by atoms with van der Waals surface area (Å²) in [6, 6.07) is 14.8. The van der Waals surface area contributed by atoms with Crippen LogP contribution in [0.15, 0.2) is 58.2 Å². The Hall–Kier alpha value is -1.94. The molecule has 0 aliphatic rings. The van der Waals surface area contributed by atoms with Crippen LogP contribution in [0, 0.1) is 6.92 Å². The highest BCUT2D eigenvalue weighted by Gasteiger charge is 2.08. The molecular formula is C15H12BrNO2. The van der Waals surface area contributed by atoms with Crippen molar-refractivity contribution in [3.8, 4) is 0 Å². The Morgan fingerprint density at radius 2 is 1.84 bits per heavy atom. The molecule has 0 aliphatic heterocycles. The molecule has 0 aromatic heterocycles. The molecule has 0 unspecified atom stereocenters. The molecule has 3 nitrogen and oxygen atoms in total. The van der Waals surface area contributed by atoms with Crippen molar-refractivity contribution in [3.63, 3.8) is 0 Å². The monoisotopic (exact) mass is 317 g/mol. The zero-order chi connectivity index (χ0) is 13.7. The number of benzene rings is 2. The van der Waals surface area contributed by atoms with Crippen LogP contribution in [0.3, 0.4) is 0 Å². The Morgan fingerprint density at radius 3 is 2.53 bits per heavy atom. The van der Waals surface area contributed by atoms with Crippen LogP contribution in [0.4, 0.5) is 0 Å². The lowest BCUT2D eigenvalue weighted by Crippen LogP contribution is -2.03. The predicted molar refractivity (Wildman–Crippen MR) is 78.3 cm³/mol.